The maximum Gasteiger partial charge on any atom is 0.202 e. The van der Waals surface area contributed by atoms with Crippen LogP contribution in [0.1, 0.15) is 24.0 Å². The summed E-state index contributed by atoms with van der Waals surface area (Å²) in [5, 5.41) is 0.840. The summed E-state index contributed by atoms with van der Waals surface area (Å²) in [6.45, 7) is 0. The minimum Gasteiger partial charge on any atom is -0.360 e. The van der Waals surface area contributed by atoms with Crippen molar-refractivity contribution in [3.8, 4) is 0 Å². The Labute approximate surface area is 107 Å². The second-order valence-corrected chi connectivity index (χ2v) is 5.46. The molecule has 0 radical (unpaired) electrons. The fourth-order valence-corrected chi connectivity index (χ4v) is 2.96. The number of H-pyrrole nitrogens is 1. The Bertz CT molecular complexity index is 615. The van der Waals surface area contributed by atoms with Crippen molar-refractivity contribution in [1.29, 1.82) is 0 Å². The number of hydrogen-bond donors (Lipinski definition) is 1. The molecule has 0 unspecified atom stereocenters. The van der Waals surface area contributed by atoms with E-state index in [-0.39, 0.29) is 5.43 Å². The lowest BCUT2D eigenvalue weighted by Gasteiger charge is -2.17. The number of rotatable bonds is 0. The lowest BCUT2D eigenvalue weighted by molar-refractivity contribution is 0.689. The van der Waals surface area contributed by atoms with E-state index in [1.54, 1.807) is 0 Å². The van der Waals surface area contributed by atoms with E-state index >= 15 is 0 Å². The summed E-state index contributed by atoms with van der Waals surface area (Å²) in [7, 11) is 0. The average molecular weight is 325 g/mol. The second kappa shape index (κ2) is 3.87. The van der Waals surface area contributed by atoms with E-state index in [2.05, 4.69) is 33.6 Å². The molecule has 1 aromatic heterocycles. The Morgan fingerprint density at radius 1 is 1.19 bits per heavy atom. The van der Waals surface area contributed by atoms with Crippen LogP contribution in [0.15, 0.2) is 23.1 Å². The predicted molar refractivity (Wildman–Crippen MR) is 73.9 cm³/mol. The highest BCUT2D eigenvalue weighted by molar-refractivity contribution is 14.1. The van der Waals surface area contributed by atoms with Crippen LogP contribution < -0.4 is 5.43 Å². The normalized spacial score (nSPS) is 15.1. The number of nitrogens with one attached hydrogen (secondary N) is 1. The van der Waals surface area contributed by atoms with Crippen molar-refractivity contribution in [3.63, 3.8) is 0 Å². The highest BCUT2D eigenvalue weighted by Crippen LogP contribution is 2.26. The topological polar surface area (TPSA) is 32.9 Å². The van der Waals surface area contributed by atoms with E-state index in [1.807, 2.05) is 12.3 Å². The van der Waals surface area contributed by atoms with E-state index < -0.39 is 0 Å². The molecule has 16 heavy (non-hydrogen) atoms. The zero-order valence-corrected chi connectivity index (χ0v) is 11.0. The van der Waals surface area contributed by atoms with Gasteiger partial charge in [-0.3, -0.25) is 4.79 Å². The number of hydrogen-bond acceptors (Lipinski definition) is 1. The largest absolute Gasteiger partial charge is 0.360 e. The molecule has 1 aliphatic rings. The van der Waals surface area contributed by atoms with E-state index in [0.29, 0.717) is 0 Å². The summed E-state index contributed by atoms with van der Waals surface area (Å²) in [5.41, 5.74) is 3.98. The molecule has 1 aliphatic carbocycles. The molecule has 1 heterocycles. The third kappa shape index (κ3) is 1.49. The van der Waals surface area contributed by atoms with Crippen molar-refractivity contribution in [1.82, 2.24) is 4.98 Å². The molecule has 0 saturated carbocycles. The van der Waals surface area contributed by atoms with Gasteiger partial charge in [0, 0.05) is 11.6 Å². The molecule has 2 aromatic rings. The Morgan fingerprint density at radius 3 is 2.88 bits per heavy atom. The quantitative estimate of drug-likeness (QED) is 0.742. The highest BCUT2D eigenvalue weighted by Gasteiger charge is 2.14. The van der Waals surface area contributed by atoms with Crippen LogP contribution in [0.25, 0.3) is 10.9 Å². The molecule has 0 aliphatic heterocycles. The molecule has 0 saturated heterocycles. The van der Waals surface area contributed by atoms with Gasteiger partial charge in [0.2, 0.25) is 5.43 Å². The van der Waals surface area contributed by atoms with Gasteiger partial charge in [0.25, 0.3) is 0 Å². The number of pyridine rings is 1. The molecule has 0 fully saturated rings. The molecule has 0 spiro atoms. The van der Waals surface area contributed by atoms with Crippen molar-refractivity contribution in [3.05, 3.63) is 43.2 Å². The first-order valence-electron chi connectivity index (χ1n) is 5.59. The van der Waals surface area contributed by atoms with Gasteiger partial charge in [0.15, 0.2) is 0 Å². The summed E-state index contributed by atoms with van der Waals surface area (Å²) in [4.78, 5) is 15.3. The molecule has 3 rings (SSSR count). The lowest BCUT2D eigenvalue weighted by atomic mass is 9.90. The van der Waals surface area contributed by atoms with Crippen LogP contribution in [0.4, 0.5) is 0 Å². The summed E-state index contributed by atoms with van der Waals surface area (Å²) in [5.74, 6) is 0. The van der Waals surface area contributed by atoms with Crippen LogP contribution in [0.2, 0.25) is 0 Å². The maximum atomic E-state index is 12.0. The number of benzene rings is 1. The van der Waals surface area contributed by atoms with Gasteiger partial charge in [-0.2, -0.15) is 0 Å². The Balaban J connectivity index is 2.41. The van der Waals surface area contributed by atoms with Crippen LogP contribution in [0, 0.1) is 3.57 Å². The number of aromatic nitrogens is 1. The number of aromatic amines is 1. The molecular formula is C13H12INO. The van der Waals surface area contributed by atoms with Gasteiger partial charge < -0.3 is 4.98 Å². The monoisotopic (exact) mass is 325 g/mol. The molecule has 1 N–H and O–H groups in total. The van der Waals surface area contributed by atoms with E-state index in [9.17, 15) is 4.79 Å². The molecule has 0 atom stereocenters. The van der Waals surface area contributed by atoms with E-state index in [1.165, 1.54) is 24.0 Å². The zero-order chi connectivity index (χ0) is 11.1. The first-order valence-corrected chi connectivity index (χ1v) is 6.67. The van der Waals surface area contributed by atoms with E-state index in [4.69, 9.17) is 0 Å². The van der Waals surface area contributed by atoms with Crippen LogP contribution >= 0.6 is 22.6 Å². The number of fused-ring (bicyclic) bond motifs is 3. The van der Waals surface area contributed by atoms with Crippen molar-refractivity contribution in [2.24, 2.45) is 0 Å². The Hall–Kier alpha value is -0.840. The van der Waals surface area contributed by atoms with Crippen molar-refractivity contribution < 1.29 is 0 Å². The second-order valence-electron chi connectivity index (χ2n) is 4.30. The first kappa shape index (κ1) is 10.3. The van der Waals surface area contributed by atoms with Crippen molar-refractivity contribution in [2.75, 3.05) is 0 Å². The van der Waals surface area contributed by atoms with Gasteiger partial charge in [-0.1, -0.05) is 6.07 Å². The minimum atomic E-state index is 0.155. The van der Waals surface area contributed by atoms with Gasteiger partial charge in [-0.05, 0) is 65.5 Å². The molecule has 2 nitrogen and oxygen atoms in total. The zero-order valence-electron chi connectivity index (χ0n) is 8.85. The minimum absolute atomic E-state index is 0.155. The number of halogens is 1. The SMILES string of the molecule is O=c1c(I)c[nH]c2c3c(ccc12)CCCC3. The van der Waals surface area contributed by atoms with Gasteiger partial charge >= 0.3 is 0 Å². The van der Waals surface area contributed by atoms with Gasteiger partial charge in [-0.25, -0.2) is 0 Å². The van der Waals surface area contributed by atoms with Crippen LogP contribution in [-0.2, 0) is 12.8 Å². The first-order chi connectivity index (χ1) is 7.77. The third-order valence-electron chi connectivity index (χ3n) is 3.34. The fraction of sp³-hybridized carbons (Fsp3) is 0.308. The summed E-state index contributed by atoms with van der Waals surface area (Å²) < 4.78 is 0.765. The van der Waals surface area contributed by atoms with Crippen molar-refractivity contribution >= 4 is 33.5 Å². The smallest absolute Gasteiger partial charge is 0.202 e. The van der Waals surface area contributed by atoms with Gasteiger partial charge in [0.05, 0.1) is 9.09 Å². The van der Waals surface area contributed by atoms with Crippen LogP contribution in [-0.4, -0.2) is 4.98 Å². The van der Waals surface area contributed by atoms with Crippen LogP contribution in [0.3, 0.4) is 0 Å². The summed E-state index contributed by atoms with van der Waals surface area (Å²) in [6.07, 6.45) is 6.58. The van der Waals surface area contributed by atoms with Crippen LogP contribution in [0.5, 0.6) is 0 Å². The predicted octanol–water partition coefficient (Wildman–Crippen LogP) is 3.01. The standard InChI is InChI=1S/C13H12INO/c14-11-7-15-12-9-4-2-1-3-8(9)5-6-10(12)13(11)16/h5-7H,1-4H2,(H,15,16). The Kier molecular flexibility index (Phi) is 2.50. The van der Waals surface area contributed by atoms with Gasteiger partial charge in [0.1, 0.15) is 0 Å². The van der Waals surface area contributed by atoms with Crippen molar-refractivity contribution in [2.45, 2.75) is 25.7 Å². The highest BCUT2D eigenvalue weighted by atomic mass is 127. The molecule has 0 bridgehead atoms. The summed E-state index contributed by atoms with van der Waals surface area (Å²) >= 11 is 2.08. The molecule has 1 aromatic carbocycles. The van der Waals surface area contributed by atoms with Gasteiger partial charge in [-0.15, -0.1) is 0 Å². The van der Waals surface area contributed by atoms with E-state index in [0.717, 1.165) is 27.3 Å². The fourth-order valence-electron chi connectivity index (χ4n) is 2.51. The lowest BCUT2D eigenvalue weighted by Crippen LogP contribution is -2.11. The third-order valence-corrected chi connectivity index (χ3v) is 4.14. The molecule has 82 valence electrons. The Morgan fingerprint density at radius 2 is 2.00 bits per heavy atom. The molecular weight excluding hydrogens is 313 g/mol. The average Bonchev–Trinajstić information content (AvgIpc) is 2.33. The summed E-state index contributed by atoms with van der Waals surface area (Å²) in [6, 6.07) is 4.10. The number of aryl methyl sites for hydroxylation is 2. The maximum absolute atomic E-state index is 12.0. The molecule has 0 amide bonds. The molecule has 3 heteroatoms.